The zero-order valence-electron chi connectivity index (χ0n) is 24.5. The van der Waals surface area contributed by atoms with Crippen LogP contribution in [0.5, 0.6) is 5.75 Å². The zero-order chi connectivity index (χ0) is 32.9. The first-order valence-corrected chi connectivity index (χ1v) is 15.4. The minimum absolute atomic E-state index is 0.0103. The fourth-order valence-electron chi connectivity index (χ4n) is 5.74. The number of nitrogens with zero attached hydrogens (tertiary/aromatic N) is 4. The molecule has 1 aliphatic heterocycles. The Morgan fingerprint density at radius 2 is 1.98 bits per heavy atom. The maximum atomic E-state index is 14.1. The van der Waals surface area contributed by atoms with Gasteiger partial charge >= 0.3 is 12.1 Å². The van der Waals surface area contributed by atoms with Gasteiger partial charge in [0.15, 0.2) is 0 Å². The maximum absolute atomic E-state index is 14.1. The molecule has 0 spiro atoms. The van der Waals surface area contributed by atoms with Crippen LogP contribution in [0.15, 0.2) is 40.5 Å². The Kier molecular flexibility index (Phi) is 8.22. The van der Waals surface area contributed by atoms with Crippen molar-refractivity contribution in [2.75, 3.05) is 19.7 Å². The van der Waals surface area contributed by atoms with Crippen LogP contribution in [-0.2, 0) is 19.1 Å². The molecule has 0 atom stereocenters. The molecule has 4 heterocycles. The normalized spacial score (nSPS) is 13.6. The number of ether oxygens (including phenoxy) is 1. The number of aryl methyl sites for hydroxylation is 2. The van der Waals surface area contributed by atoms with Crippen LogP contribution in [0.1, 0.15) is 38.6 Å². The average Bonchev–Trinajstić information content (AvgIpc) is 3.40. The summed E-state index contributed by atoms with van der Waals surface area (Å²) >= 11 is 7.58. The predicted molar refractivity (Wildman–Crippen MR) is 168 cm³/mol. The molecule has 0 aliphatic carbocycles. The van der Waals surface area contributed by atoms with Gasteiger partial charge in [-0.05, 0) is 75.2 Å². The lowest BCUT2D eigenvalue weighted by atomic mass is 9.87. The van der Waals surface area contributed by atoms with Crippen LogP contribution >= 0.6 is 22.9 Å². The van der Waals surface area contributed by atoms with Gasteiger partial charge in [-0.15, -0.1) is 11.3 Å². The Bertz CT molecular complexity index is 2150. The van der Waals surface area contributed by atoms with Gasteiger partial charge in [0.1, 0.15) is 24.3 Å². The number of aromatic nitrogens is 3. The molecule has 9 nitrogen and oxygen atoms in total. The number of hydrogen-bond acceptors (Lipinski definition) is 8. The quantitative estimate of drug-likeness (QED) is 0.195. The van der Waals surface area contributed by atoms with Crippen LogP contribution in [0.4, 0.5) is 13.2 Å². The van der Waals surface area contributed by atoms with Crippen molar-refractivity contribution in [2.24, 2.45) is 5.92 Å². The maximum Gasteiger partial charge on any atom is 0.416 e. The first-order valence-electron chi connectivity index (χ1n) is 14.2. The number of fused-ring (bicyclic) bond motifs is 2. The number of nitriles is 1. The molecule has 1 fully saturated rings. The Morgan fingerprint density at radius 3 is 2.63 bits per heavy atom. The number of pyridine rings is 1. The van der Waals surface area contributed by atoms with Crippen molar-refractivity contribution in [1.29, 1.82) is 5.26 Å². The van der Waals surface area contributed by atoms with Gasteiger partial charge in [-0.3, -0.25) is 14.3 Å². The van der Waals surface area contributed by atoms with Crippen molar-refractivity contribution < 1.29 is 27.8 Å². The molecule has 2 aromatic carbocycles. The summed E-state index contributed by atoms with van der Waals surface area (Å²) in [5.41, 5.74) is 0.01000. The summed E-state index contributed by atoms with van der Waals surface area (Å²) in [5.74, 6) is -0.603. The fraction of sp³-hybridized carbons (Fsp3) is 0.281. The van der Waals surface area contributed by atoms with Crippen LogP contribution in [0.3, 0.4) is 0 Å². The zero-order valence-corrected chi connectivity index (χ0v) is 26.0. The van der Waals surface area contributed by atoms with Gasteiger partial charge in [-0.25, -0.2) is 9.78 Å². The molecule has 1 aliphatic rings. The second-order valence-electron chi connectivity index (χ2n) is 11.1. The highest BCUT2D eigenvalue weighted by Gasteiger charge is 2.37. The van der Waals surface area contributed by atoms with E-state index in [0.717, 1.165) is 6.07 Å². The molecule has 46 heavy (non-hydrogen) atoms. The third kappa shape index (κ3) is 5.68. The second kappa shape index (κ2) is 12.0. The lowest BCUT2D eigenvalue weighted by molar-refractivity contribution is -0.138. The summed E-state index contributed by atoms with van der Waals surface area (Å²) in [5, 5.41) is 24.5. The van der Waals surface area contributed by atoms with Gasteiger partial charge in [0.2, 0.25) is 0 Å². The minimum Gasteiger partial charge on any atom is -0.491 e. The summed E-state index contributed by atoms with van der Waals surface area (Å²) in [6, 6.07) is 9.53. The van der Waals surface area contributed by atoms with Crippen LogP contribution in [0.25, 0.3) is 32.2 Å². The molecule has 0 amide bonds. The summed E-state index contributed by atoms with van der Waals surface area (Å²) in [4.78, 5) is 34.3. The van der Waals surface area contributed by atoms with Crippen molar-refractivity contribution in [3.63, 3.8) is 0 Å². The second-order valence-corrected chi connectivity index (χ2v) is 12.4. The number of hydrogen-bond donors (Lipinski definition) is 2. The Hall–Kier alpha value is -4.51. The van der Waals surface area contributed by atoms with E-state index >= 15 is 0 Å². The topological polar surface area (TPSA) is 130 Å². The van der Waals surface area contributed by atoms with Gasteiger partial charge in [-0.2, -0.15) is 18.4 Å². The molecule has 6 rings (SSSR count). The van der Waals surface area contributed by atoms with E-state index in [1.807, 2.05) is 6.07 Å². The number of thiophene rings is 1. The fourth-order valence-corrected chi connectivity index (χ4v) is 6.92. The molecule has 236 valence electrons. The Labute approximate surface area is 268 Å². The van der Waals surface area contributed by atoms with E-state index in [2.05, 4.69) is 15.3 Å². The Balaban J connectivity index is 1.37. The number of halogens is 4. The summed E-state index contributed by atoms with van der Waals surface area (Å²) in [7, 11) is 0. The smallest absolute Gasteiger partial charge is 0.416 e. The highest BCUT2D eigenvalue weighted by Crippen LogP contribution is 2.41. The molecule has 1 saturated heterocycles. The number of benzene rings is 2. The summed E-state index contributed by atoms with van der Waals surface area (Å²) in [6.45, 7) is 4.26. The van der Waals surface area contributed by atoms with E-state index < -0.39 is 23.3 Å². The van der Waals surface area contributed by atoms with E-state index in [1.54, 1.807) is 31.2 Å². The molecule has 5 aromatic rings. The number of alkyl halides is 3. The first-order chi connectivity index (χ1) is 21.9. The molecular formula is C32H25ClF3N5O4S. The van der Waals surface area contributed by atoms with Gasteiger partial charge < -0.3 is 15.2 Å². The lowest BCUT2D eigenvalue weighted by Crippen LogP contribution is -2.43. The van der Waals surface area contributed by atoms with Crippen LogP contribution < -0.4 is 15.6 Å². The molecule has 2 N–H and O–H groups in total. The highest BCUT2D eigenvalue weighted by atomic mass is 35.5. The lowest BCUT2D eigenvalue weighted by Gasteiger charge is -2.29. The third-order valence-corrected chi connectivity index (χ3v) is 9.25. The van der Waals surface area contributed by atoms with Crippen molar-refractivity contribution in [1.82, 2.24) is 19.9 Å². The molecule has 14 heteroatoms. The SMILES string of the molecule is Cc1cc(-c2cc(Cl)ccc2OCCn2c(C)nc3cc(C(F)(F)F)c(CC4CNC4)c(C#N)c3c2=O)c2scc(C(=O)O)c2n1. The van der Waals surface area contributed by atoms with E-state index in [-0.39, 0.29) is 58.9 Å². The van der Waals surface area contributed by atoms with Gasteiger partial charge in [0.05, 0.1) is 44.4 Å². The van der Waals surface area contributed by atoms with Crippen molar-refractivity contribution in [3.05, 3.63) is 84.9 Å². The number of carboxylic acid groups (broad SMARTS) is 1. The largest absolute Gasteiger partial charge is 0.491 e. The Morgan fingerprint density at radius 1 is 1.22 bits per heavy atom. The molecule has 0 radical (unpaired) electrons. The van der Waals surface area contributed by atoms with E-state index in [4.69, 9.17) is 16.3 Å². The molecule has 3 aromatic heterocycles. The molecule has 0 unspecified atom stereocenters. The first kappa shape index (κ1) is 31.5. The standard InChI is InChI=1S/C32H25ClF3N5O4S/c1-15-7-21(29-28(39-15)23(14-46-29)31(43)44)20-9-18(33)3-4-26(20)45-6-5-41-16(2)40-25-10-24(32(34,35)36)19(8-17-12-38-13-17)22(11-37)27(25)30(41)42/h3-4,7,9-10,14,17,38H,5-6,8,12-13H2,1-2H3,(H,43,44). The molecule has 0 saturated carbocycles. The van der Waals surface area contributed by atoms with Gasteiger partial charge in [0, 0.05) is 27.2 Å². The van der Waals surface area contributed by atoms with Crippen LogP contribution in [0, 0.1) is 31.1 Å². The highest BCUT2D eigenvalue weighted by molar-refractivity contribution is 7.18. The number of nitrogens with one attached hydrogen (secondary N) is 1. The average molecular weight is 668 g/mol. The van der Waals surface area contributed by atoms with E-state index in [1.165, 1.54) is 28.2 Å². The predicted octanol–water partition coefficient (Wildman–Crippen LogP) is 6.37. The molecule has 0 bridgehead atoms. The number of rotatable bonds is 8. The number of carbonyl (C=O) groups is 1. The minimum atomic E-state index is -4.72. The van der Waals surface area contributed by atoms with Crippen LogP contribution in [-0.4, -0.2) is 45.3 Å². The third-order valence-electron chi connectivity index (χ3n) is 8.01. The van der Waals surface area contributed by atoms with E-state index in [0.29, 0.717) is 50.9 Å². The van der Waals surface area contributed by atoms with Gasteiger partial charge in [-0.1, -0.05) is 11.6 Å². The van der Waals surface area contributed by atoms with Crippen LogP contribution in [0.2, 0.25) is 5.02 Å². The summed E-state index contributed by atoms with van der Waals surface area (Å²) in [6.07, 6.45) is -4.71. The van der Waals surface area contributed by atoms with Crippen molar-refractivity contribution in [2.45, 2.75) is 33.0 Å². The van der Waals surface area contributed by atoms with E-state index in [9.17, 15) is 33.1 Å². The number of aromatic carboxylic acids is 1. The van der Waals surface area contributed by atoms with Gasteiger partial charge in [0.25, 0.3) is 5.56 Å². The summed E-state index contributed by atoms with van der Waals surface area (Å²) < 4.78 is 50.4. The molecular weight excluding hydrogens is 643 g/mol. The van der Waals surface area contributed by atoms with Crippen molar-refractivity contribution in [3.8, 4) is 22.9 Å². The van der Waals surface area contributed by atoms with Crippen molar-refractivity contribution >= 4 is 50.0 Å². The monoisotopic (exact) mass is 667 g/mol. The number of carboxylic acids is 1.